The first-order valence-electron chi connectivity index (χ1n) is 7.42. The molecule has 0 saturated heterocycles. The van der Waals surface area contributed by atoms with Crippen LogP contribution in [0.15, 0.2) is 35.4 Å². The molecule has 1 N–H and O–H groups in total. The minimum absolute atomic E-state index is 0.570. The first kappa shape index (κ1) is 13.8. The average Bonchev–Trinajstić information content (AvgIpc) is 3.25. The second-order valence-corrected chi connectivity index (χ2v) is 7.25. The van der Waals surface area contributed by atoms with Gasteiger partial charge in [-0.25, -0.2) is 0 Å². The van der Waals surface area contributed by atoms with E-state index >= 15 is 0 Å². The molecule has 2 aromatic heterocycles. The molecule has 112 valence electrons. The zero-order valence-corrected chi connectivity index (χ0v) is 13.4. The van der Waals surface area contributed by atoms with Crippen LogP contribution in [-0.2, 0) is 11.2 Å². The Hall–Kier alpha value is -1.85. The van der Waals surface area contributed by atoms with Crippen molar-refractivity contribution in [1.29, 1.82) is 0 Å². The maximum Gasteiger partial charge on any atom is 0.155 e. The highest BCUT2D eigenvalue weighted by atomic mass is 32.2. The van der Waals surface area contributed by atoms with Gasteiger partial charge in [0.2, 0.25) is 0 Å². The first-order chi connectivity index (χ1) is 10.6. The Morgan fingerprint density at radius 3 is 2.77 bits per heavy atom. The number of hydrogen-bond donors (Lipinski definition) is 1. The third kappa shape index (κ3) is 2.21. The zero-order valence-electron chi connectivity index (χ0n) is 12.6. The van der Waals surface area contributed by atoms with E-state index in [-0.39, 0.29) is 0 Å². The van der Waals surface area contributed by atoms with E-state index in [1.54, 1.807) is 6.26 Å². The predicted molar refractivity (Wildman–Crippen MR) is 88.4 cm³/mol. The van der Waals surface area contributed by atoms with Gasteiger partial charge in [0.05, 0.1) is 16.9 Å². The van der Waals surface area contributed by atoms with Crippen LogP contribution in [0.2, 0.25) is 0 Å². The fourth-order valence-corrected chi connectivity index (χ4v) is 3.75. The summed E-state index contributed by atoms with van der Waals surface area (Å²) in [5, 5.41) is 8.76. The lowest BCUT2D eigenvalue weighted by molar-refractivity contribution is 0.600. The van der Waals surface area contributed by atoms with Crippen LogP contribution in [0, 0.1) is 6.92 Å². The minimum Gasteiger partial charge on any atom is -0.612 e. The Labute approximate surface area is 132 Å². The van der Waals surface area contributed by atoms with Gasteiger partial charge in [-0.05, 0) is 55.2 Å². The summed E-state index contributed by atoms with van der Waals surface area (Å²) >= 11 is -0.965. The second kappa shape index (κ2) is 5.11. The zero-order chi connectivity index (χ0) is 15.3. The van der Waals surface area contributed by atoms with Gasteiger partial charge < -0.3 is 4.55 Å². The molecule has 4 rings (SSSR count). The lowest BCUT2D eigenvalue weighted by atomic mass is 10.0. The van der Waals surface area contributed by atoms with Gasteiger partial charge in [0.1, 0.15) is 6.26 Å². The van der Waals surface area contributed by atoms with Crippen molar-refractivity contribution in [2.75, 3.05) is 6.26 Å². The van der Waals surface area contributed by atoms with E-state index in [0.717, 1.165) is 38.3 Å². The van der Waals surface area contributed by atoms with Crippen molar-refractivity contribution in [2.45, 2.75) is 30.6 Å². The lowest BCUT2D eigenvalue weighted by Crippen LogP contribution is -2.00. The van der Waals surface area contributed by atoms with Crippen LogP contribution >= 0.6 is 0 Å². The normalized spacial score (nSPS) is 16.1. The topological polar surface area (TPSA) is 64.6 Å². The van der Waals surface area contributed by atoms with Gasteiger partial charge in [-0.3, -0.25) is 10.1 Å². The lowest BCUT2D eigenvalue weighted by Gasteiger charge is -2.10. The molecule has 0 radical (unpaired) electrons. The van der Waals surface area contributed by atoms with Gasteiger partial charge in [0.15, 0.2) is 4.90 Å². The molecule has 1 aliphatic rings. The van der Waals surface area contributed by atoms with E-state index in [9.17, 15) is 4.55 Å². The monoisotopic (exact) mass is 311 g/mol. The van der Waals surface area contributed by atoms with Crippen LogP contribution in [0.4, 0.5) is 0 Å². The molecule has 4 nitrogen and oxygen atoms in total. The minimum atomic E-state index is -0.965. The Kier molecular flexibility index (Phi) is 3.20. The molecule has 1 aliphatic carbocycles. The van der Waals surface area contributed by atoms with Crippen molar-refractivity contribution < 1.29 is 4.55 Å². The van der Waals surface area contributed by atoms with Gasteiger partial charge in [0.25, 0.3) is 0 Å². The Bertz CT molecular complexity index is 852. The molecule has 0 spiro atoms. The van der Waals surface area contributed by atoms with Gasteiger partial charge in [0, 0.05) is 28.6 Å². The number of rotatable bonds is 3. The quantitative estimate of drug-likeness (QED) is 0.752. The van der Waals surface area contributed by atoms with Gasteiger partial charge in [-0.2, -0.15) is 5.10 Å². The molecule has 0 amide bonds. The Morgan fingerprint density at radius 1 is 1.27 bits per heavy atom. The first-order valence-corrected chi connectivity index (χ1v) is 8.98. The number of hydrogen-bond acceptors (Lipinski definition) is 3. The summed E-state index contributed by atoms with van der Waals surface area (Å²) in [5.41, 5.74) is 5.23. The summed E-state index contributed by atoms with van der Waals surface area (Å²) in [7, 11) is 0. The summed E-state index contributed by atoms with van der Waals surface area (Å²) in [6.07, 6.45) is 5.94. The van der Waals surface area contributed by atoms with Crippen LogP contribution < -0.4 is 0 Å². The highest BCUT2D eigenvalue weighted by Gasteiger charge is 2.29. The number of H-pyrrole nitrogens is 1. The van der Waals surface area contributed by atoms with Crippen molar-refractivity contribution in [1.82, 2.24) is 15.2 Å². The fraction of sp³-hybridized carbons (Fsp3) is 0.294. The third-order valence-electron chi connectivity index (χ3n) is 4.23. The summed E-state index contributed by atoms with van der Waals surface area (Å²) in [6.45, 7) is 2.00. The molecule has 1 unspecified atom stereocenters. The SMILES string of the molecule is Cc1cc(-c2nccc3[nH]nc(C4CC4)c23)ccc1[S+](C)[O-]. The summed E-state index contributed by atoms with van der Waals surface area (Å²) in [4.78, 5) is 5.48. The van der Waals surface area contributed by atoms with Crippen LogP contribution in [0.3, 0.4) is 0 Å². The van der Waals surface area contributed by atoms with Crippen molar-refractivity contribution in [3.8, 4) is 11.3 Å². The predicted octanol–water partition coefficient (Wildman–Crippen LogP) is 3.55. The molecule has 1 fully saturated rings. The number of nitrogens with one attached hydrogen (secondary N) is 1. The molecule has 0 aliphatic heterocycles. The number of aryl methyl sites for hydroxylation is 1. The van der Waals surface area contributed by atoms with Crippen molar-refractivity contribution in [3.63, 3.8) is 0 Å². The van der Waals surface area contributed by atoms with Gasteiger partial charge in [-0.1, -0.05) is 0 Å². The largest absolute Gasteiger partial charge is 0.612 e. The van der Waals surface area contributed by atoms with E-state index in [0.29, 0.717) is 5.92 Å². The number of nitrogens with zero attached hydrogens (tertiary/aromatic N) is 2. The standard InChI is InChI=1S/C17H17N3OS/c1-10-9-12(5-6-14(10)22(2)21)16-15-13(7-8-18-16)19-20-17(15)11-3-4-11/h5-9,11H,3-4H2,1-2H3,(H,19,20). The molecule has 3 aromatic rings. The smallest absolute Gasteiger partial charge is 0.155 e. The second-order valence-electron chi connectivity index (χ2n) is 5.90. The average molecular weight is 311 g/mol. The van der Waals surface area contributed by atoms with E-state index in [1.165, 1.54) is 12.8 Å². The van der Waals surface area contributed by atoms with E-state index in [1.807, 2.05) is 31.3 Å². The maximum atomic E-state index is 11.7. The highest BCUT2D eigenvalue weighted by Crippen LogP contribution is 2.44. The molecular weight excluding hydrogens is 294 g/mol. The fourth-order valence-electron chi connectivity index (χ4n) is 2.98. The molecular formula is C17H17N3OS. The van der Waals surface area contributed by atoms with Crippen LogP contribution in [0.1, 0.15) is 30.0 Å². The van der Waals surface area contributed by atoms with Crippen LogP contribution in [0.5, 0.6) is 0 Å². The van der Waals surface area contributed by atoms with Gasteiger partial charge >= 0.3 is 0 Å². The number of pyridine rings is 1. The number of fused-ring (bicyclic) bond motifs is 1. The van der Waals surface area contributed by atoms with Crippen LogP contribution in [-0.4, -0.2) is 26.0 Å². The molecule has 1 atom stereocenters. The Balaban J connectivity index is 1.90. The maximum absolute atomic E-state index is 11.7. The van der Waals surface area contributed by atoms with Crippen LogP contribution in [0.25, 0.3) is 22.2 Å². The number of aromatic nitrogens is 3. The molecule has 2 heterocycles. The summed E-state index contributed by atoms with van der Waals surface area (Å²) in [6, 6.07) is 8.00. The highest BCUT2D eigenvalue weighted by molar-refractivity contribution is 7.90. The number of benzene rings is 1. The Morgan fingerprint density at radius 2 is 2.09 bits per heavy atom. The molecule has 1 aromatic carbocycles. The van der Waals surface area contributed by atoms with Crippen molar-refractivity contribution >= 4 is 22.1 Å². The number of aromatic amines is 1. The van der Waals surface area contributed by atoms with Crippen molar-refractivity contribution in [3.05, 3.63) is 41.7 Å². The molecule has 1 saturated carbocycles. The van der Waals surface area contributed by atoms with E-state index < -0.39 is 11.2 Å². The molecule has 0 bridgehead atoms. The van der Waals surface area contributed by atoms with Gasteiger partial charge in [-0.15, -0.1) is 0 Å². The summed E-state index contributed by atoms with van der Waals surface area (Å²) in [5.74, 6) is 0.570. The summed E-state index contributed by atoms with van der Waals surface area (Å²) < 4.78 is 11.7. The molecule has 22 heavy (non-hydrogen) atoms. The van der Waals surface area contributed by atoms with E-state index in [4.69, 9.17) is 0 Å². The third-order valence-corrected chi connectivity index (χ3v) is 5.30. The van der Waals surface area contributed by atoms with Crippen molar-refractivity contribution in [2.24, 2.45) is 0 Å². The van der Waals surface area contributed by atoms with E-state index in [2.05, 4.69) is 21.2 Å². The molecule has 5 heteroatoms.